The van der Waals surface area contributed by atoms with E-state index in [1.54, 1.807) is 6.07 Å². The Kier molecular flexibility index (Phi) is 3.58. The van der Waals surface area contributed by atoms with Crippen LogP contribution in [0.3, 0.4) is 0 Å². The van der Waals surface area contributed by atoms with Gasteiger partial charge in [-0.25, -0.2) is 8.78 Å². The molecule has 0 saturated carbocycles. The van der Waals surface area contributed by atoms with Crippen LogP contribution in [-0.2, 0) is 0 Å². The topological polar surface area (TPSA) is 35.8 Å². The zero-order valence-electron chi connectivity index (χ0n) is 9.05. The Labute approximate surface area is 111 Å². The molecule has 0 saturated heterocycles. The number of benzene rings is 2. The van der Waals surface area contributed by atoms with E-state index in [1.165, 1.54) is 24.3 Å². The highest BCUT2D eigenvalue weighted by molar-refractivity contribution is 9.10. The highest BCUT2D eigenvalue weighted by atomic mass is 79.9. The second kappa shape index (κ2) is 5.15. The van der Waals surface area contributed by atoms with Gasteiger partial charge >= 0.3 is 0 Å². The summed E-state index contributed by atoms with van der Waals surface area (Å²) in [5.74, 6) is -0.929. The van der Waals surface area contributed by atoms with Gasteiger partial charge in [0.05, 0.1) is 17.3 Å². The lowest BCUT2D eigenvalue weighted by molar-refractivity contribution is 0.627. The molecule has 2 rings (SSSR count). The first-order chi connectivity index (χ1) is 8.58. The maximum Gasteiger partial charge on any atom is 0.126 e. The van der Waals surface area contributed by atoms with Gasteiger partial charge < -0.3 is 5.32 Å². The number of halogens is 3. The molecular formula is C13H7BrF2N2. The largest absolute Gasteiger partial charge is 0.354 e. The smallest absolute Gasteiger partial charge is 0.126 e. The van der Waals surface area contributed by atoms with E-state index in [0.29, 0.717) is 15.8 Å². The van der Waals surface area contributed by atoms with E-state index in [9.17, 15) is 8.78 Å². The van der Waals surface area contributed by atoms with Crippen molar-refractivity contribution in [3.8, 4) is 6.07 Å². The van der Waals surface area contributed by atoms with Gasteiger partial charge in [0.15, 0.2) is 0 Å². The Bertz CT molecular complexity index is 635. The summed E-state index contributed by atoms with van der Waals surface area (Å²) in [5.41, 5.74) is 1.05. The van der Waals surface area contributed by atoms with Crippen molar-refractivity contribution in [1.82, 2.24) is 0 Å². The van der Waals surface area contributed by atoms with E-state index >= 15 is 0 Å². The third-order valence-electron chi connectivity index (χ3n) is 2.23. The molecule has 0 bridgehead atoms. The minimum absolute atomic E-state index is 0.199. The maximum absolute atomic E-state index is 13.2. The van der Waals surface area contributed by atoms with E-state index < -0.39 is 11.6 Å². The summed E-state index contributed by atoms with van der Waals surface area (Å²) in [6.07, 6.45) is 0. The van der Waals surface area contributed by atoms with Crippen LogP contribution in [0, 0.1) is 23.0 Å². The molecule has 90 valence electrons. The maximum atomic E-state index is 13.2. The predicted octanol–water partition coefficient (Wildman–Crippen LogP) is 4.34. The van der Waals surface area contributed by atoms with Crippen molar-refractivity contribution in [3.05, 3.63) is 58.1 Å². The van der Waals surface area contributed by atoms with Crippen molar-refractivity contribution in [1.29, 1.82) is 5.26 Å². The normalized spacial score (nSPS) is 9.89. The zero-order chi connectivity index (χ0) is 13.1. The van der Waals surface area contributed by atoms with Crippen molar-refractivity contribution < 1.29 is 8.78 Å². The summed E-state index contributed by atoms with van der Waals surface area (Å²) in [6, 6.07) is 9.84. The van der Waals surface area contributed by atoms with Gasteiger partial charge in [0, 0.05) is 10.2 Å². The first-order valence-electron chi connectivity index (χ1n) is 5.01. The molecule has 0 aromatic heterocycles. The molecule has 5 heteroatoms. The third kappa shape index (κ3) is 2.84. The Balaban J connectivity index is 2.37. The molecule has 0 spiro atoms. The first-order valence-corrected chi connectivity index (χ1v) is 5.80. The summed E-state index contributed by atoms with van der Waals surface area (Å²) in [4.78, 5) is 0. The molecule has 18 heavy (non-hydrogen) atoms. The molecule has 0 aliphatic rings. The predicted molar refractivity (Wildman–Crippen MR) is 68.5 cm³/mol. The van der Waals surface area contributed by atoms with E-state index in [-0.39, 0.29) is 5.56 Å². The average molecular weight is 309 g/mol. The second-order valence-corrected chi connectivity index (χ2v) is 4.44. The molecule has 0 unspecified atom stereocenters. The molecule has 2 aromatic rings. The summed E-state index contributed by atoms with van der Waals surface area (Å²) >= 11 is 3.25. The molecule has 0 atom stereocenters. The van der Waals surface area contributed by atoms with Gasteiger partial charge in [-0.3, -0.25) is 0 Å². The van der Waals surface area contributed by atoms with E-state index in [0.717, 1.165) is 6.07 Å². The zero-order valence-corrected chi connectivity index (χ0v) is 10.6. The summed E-state index contributed by atoms with van der Waals surface area (Å²) in [5, 5.41) is 11.6. The molecule has 1 N–H and O–H groups in total. The molecule has 2 nitrogen and oxygen atoms in total. The minimum atomic E-state index is -0.524. The molecular weight excluding hydrogens is 302 g/mol. The van der Waals surface area contributed by atoms with Gasteiger partial charge in [-0.1, -0.05) is 0 Å². The Morgan fingerprint density at radius 2 is 1.83 bits per heavy atom. The van der Waals surface area contributed by atoms with Crippen molar-refractivity contribution in [2.45, 2.75) is 0 Å². The van der Waals surface area contributed by atoms with Crippen molar-refractivity contribution in [2.24, 2.45) is 0 Å². The Morgan fingerprint density at radius 1 is 1.06 bits per heavy atom. The van der Waals surface area contributed by atoms with Gasteiger partial charge in [0.2, 0.25) is 0 Å². The van der Waals surface area contributed by atoms with Crippen LogP contribution in [0.4, 0.5) is 20.2 Å². The molecule has 0 amide bonds. The van der Waals surface area contributed by atoms with Crippen LogP contribution in [0.2, 0.25) is 0 Å². The summed E-state index contributed by atoms with van der Waals surface area (Å²) in [6.45, 7) is 0. The van der Waals surface area contributed by atoms with Crippen LogP contribution in [0.15, 0.2) is 40.9 Å². The quantitative estimate of drug-likeness (QED) is 0.895. The monoisotopic (exact) mass is 308 g/mol. The molecule has 0 heterocycles. The SMILES string of the molecule is N#Cc1cc(F)cc(Nc2cc(F)ccc2Br)c1. The molecule has 0 aliphatic carbocycles. The number of hydrogen-bond acceptors (Lipinski definition) is 2. The standard InChI is InChI=1S/C13H7BrF2N2/c14-12-2-1-9(15)6-13(12)18-11-4-8(7-17)3-10(16)5-11/h1-6,18H. The lowest BCUT2D eigenvalue weighted by Gasteiger charge is -2.09. The van der Waals surface area contributed by atoms with Gasteiger partial charge in [0.1, 0.15) is 11.6 Å². The highest BCUT2D eigenvalue weighted by Gasteiger charge is 2.05. The number of hydrogen-bond donors (Lipinski definition) is 1. The van der Waals surface area contributed by atoms with Gasteiger partial charge in [-0.2, -0.15) is 5.26 Å². The minimum Gasteiger partial charge on any atom is -0.354 e. The van der Waals surface area contributed by atoms with Gasteiger partial charge in [-0.15, -0.1) is 0 Å². The first kappa shape index (κ1) is 12.5. The van der Waals surface area contributed by atoms with Crippen LogP contribution in [0.5, 0.6) is 0 Å². The van der Waals surface area contributed by atoms with Crippen LogP contribution in [0.1, 0.15) is 5.56 Å². The average Bonchev–Trinajstić information content (AvgIpc) is 2.33. The lowest BCUT2D eigenvalue weighted by atomic mass is 10.2. The van der Waals surface area contributed by atoms with E-state index in [2.05, 4.69) is 21.2 Å². The van der Waals surface area contributed by atoms with E-state index in [4.69, 9.17) is 5.26 Å². The fourth-order valence-corrected chi connectivity index (χ4v) is 1.82. The number of rotatable bonds is 2. The van der Waals surface area contributed by atoms with Gasteiger partial charge in [-0.05, 0) is 52.3 Å². The molecule has 0 fully saturated rings. The summed E-state index contributed by atoms with van der Waals surface area (Å²) in [7, 11) is 0. The van der Waals surface area contributed by atoms with Crippen LogP contribution < -0.4 is 5.32 Å². The molecule has 0 aliphatic heterocycles. The summed E-state index contributed by atoms with van der Waals surface area (Å²) < 4.78 is 27.0. The Morgan fingerprint density at radius 3 is 2.56 bits per heavy atom. The van der Waals surface area contributed by atoms with Crippen LogP contribution >= 0.6 is 15.9 Å². The van der Waals surface area contributed by atoms with Crippen molar-refractivity contribution in [3.63, 3.8) is 0 Å². The number of nitriles is 1. The highest BCUT2D eigenvalue weighted by Crippen LogP contribution is 2.27. The van der Waals surface area contributed by atoms with Crippen LogP contribution in [0.25, 0.3) is 0 Å². The van der Waals surface area contributed by atoms with Crippen LogP contribution in [-0.4, -0.2) is 0 Å². The fraction of sp³-hybridized carbons (Fsp3) is 0. The second-order valence-electron chi connectivity index (χ2n) is 3.59. The molecule has 0 radical (unpaired) electrons. The van der Waals surface area contributed by atoms with E-state index in [1.807, 2.05) is 6.07 Å². The fourth-order valence-electron chi connectivity index (χ4n) is 1.48. The third-order valence-corrected chi connectivity index (χ3v) is 2.93. The number of anilines is 2. The van der Waals surface area contributed by atoms with Crippen molar-refractivity contribution in [2.75, 3.05) is 5.32 Å². The van der Waals surface area contributed by atoms with Crippen molar-refractivity contribution >= 4 is 27.3 Å². The molecule has 2 aromatic carbocycles. The number of nitrogens with zero attached hydrogens (tertiary/aromatic N) is 1. The van der Waals surface area contributed by atoms with Gasteiger partial charge in [0.25, 0.3) is 0 Å². The Hall–Kier alpha value is -1.93. The lowest BCUT2D eigenvalue weighted by Crippen LogP contribution is -1.94. The number of nitrogens with one attached hydrogen (secondary N) is 1.